The molecule has 0 bridgehead atoms. The third-order valence-electron chi connectivity index (χ3n) is 4.51. The van der Waals surface area contributed by atoms with E-state index in [9.17, 15) is 9.59 Å². The number of aromatic nitrogens is 1. The summed E-state index contributed by atoms with van der Waals surface area (Å²) < 4.78 is 0. The Morgan fingerprint density at radius 3 is 2.65 bits per heavy atom. The number of aromatic amines is 1. The van der Waals surface area contributed by atoms with E-state index >= 15 is 0 Å². The molecule has 1 aromatic rings. The van der Waals surface area contributed by atoms with Gasteiger partial charge in [0.05, 0.1) is 0 Å². The van der Waals surface area contributed by atoms with E-state index in [-0.39, 0.29) is 24.1 Å². The second kappa shape index (κ2) is 8.50. The molecule has 2 N–H and O–H groups in total. The molecule has 1 aliphatic rings. The zero-order chi connectivity index (χ0) is 16.3. The zero-order valence-electron chi connectivity index (χ0n) is 14.5. The van der Waals surface area contributed by atoms with Crippen molar-refractivity contribution in [1.82, 2.24) is 15.2 Å². The van der Waals surface area contributed by atoms with Gasteiger partial charge in [-0.2, -0.15) is 0 Å². The van der Waals surface area contributed by atoms with Crippen LogP contribution >= 0.6 is 12.4 Å². The summed E-state index contributed by atoms with van der Waals surface area (Å²) in [4.78, 5) is 29.8. The van der Waals surface area contributed by atoms with Crippen molar-refractivity contribution in [2.24, 2.45) is 5.92 Å². The molecule has 6 heteroatoms. The van der Waals surface area contributed by atoms with Crippen molar-refractivity contribution in [3.63, 3.8) is 0 Å². The Bertz CT molecular complexity index is 566. The fourth-order valence-corrected chi connectivity index (χ4v) is 3.55. The first-order valence-electron chi connectivity index (χ1n) is 8.15. The number of hydrogen-bond acceptors (Lipinski definition) is 3. The molecule has 1 amide bonds. The summed E-state index contributed by atoms with van der Waals surface area (Å²) in [5.41, 5.74) is 2.96. The van der Waals surface area contributed by atoms with Gasteiger partial charge in [-0.3, -0.25) is 9.59 Å². The van der Waals surface area contributed by atoms with Crippen molar-refractivity contribution in [2.75, 3.05) is 26.7 Å². The standard InChI is InChI=1S/C17H27N3O2.ClH/c1-5-14-15(12(3)21)11(2)19-16(14)17(22)20-8-6-7-13(10-20)9-18-4;/h13,18-19H,5-10H2,1-4H3;1H. The Balaban J connectivity index is 0.00000264. The van der Waals surface area contributed by atoms with Gasteiger partial charge in [0, 0.05) is 24.3 Å². The van der Waals surface area contributed by atoms with E-state index in [1.54, 1.807) is 6.92 Å². The molecule has 2 rings (SSSR count). The van der Waals surface area contributed by atoms with Crippen molar-refractivity contribution in [1.29, 1.82) is 0 Å². The molecule has 1 fully saturated rings. The van der Waals surface area contributed by atoms with E-state index in [0.29, 0.717) is 23.6 Å². The van der Waals surface area contributed by atoms with E-state index in [1.165, 1.54) is 0 Å². The third-order valence-corrected chi connectivity index (χ3v) is 4.51. The summed E-state index contributed by atoms with van der Waals surface area (Å²) in [5, 5.41) is 3.20. The van der Waals surface area contributed by atoms with Gasteiger partial charge in [-0.1, -0.05) is 6.92 Å². The Labute approximate surface area is 144 Å². The first kappa shape index (κ1) is 19.7. The van der Waals surface area contributed by atoms with Gasteiger partial charge in [0.15, 0.2) is 5.78 Å². The fourth-order valence-electron chi connectivity index (χ4n) is 3.55. The lowest BCUT2D eigenvalue weighted by molar-refractivity contribution is 0.0667. The molecular formula is C17H28ClN3O2. The molecule has 0 aromatic carbocycles. The number of carbonyl (C=O) groups is 2. The Kier molecular flexibility index (Phi) is 7.29. The molecule has 0 aliphatic carbocycles. The van der Waals surface area contributed by atoms with Crippen LogP contribution in [0.25, 0.3) is 0 Å². The van der Waals surface area contributed by atoms with Gasteiger partial charge in [0.2, 0.25) is 0 Å². The van der Waals surface area contributed by atoms with Crippen LogP contribution in [0.15, 0.2) is 0 Å². The second-order valence-electron chi connectivity index (χ2n) is 6.21. The van der Waals surface area contributed by atoms with Crippen molar-refractivity contribution >= 4 is 24.1 Å². The van der Waals surface area contributed by atoms with Gasteiger partial charge >= 0.3 is 0 Å². The lowest BCUT2D eigenvalue weighted by Crippen LogP contribution is -2.42. The summed E-state index contributed by atoms with van der Waals surface area (Å²) in [6.45, 7) is 7.95. The number of aryl methyl sites for hydroxylation is 1. The number of amides is 1. The zero-order valence-corrected chi connectivity index (χ0v) is 15.3. The number of nitrogens with one attached hydrogen (secondary N) is 2. The van der Waals surface area contributed by atoms with Crippen LogP contribution in [0.1, 0.15) is 58.8 Å². The predicted molar refractivity (Wildman–Crippen MR) is 94.7 cm³/mol. The van der Waals surface area contributed by atoms with Crippen molar-refractivity contribution in [2.45, 2.75) is 40.0 Å². The van der Waals surface area contributed by atoms with Gasteiger partial charge in [-0.15, -0.1) is 12.4 Å². The number of nitrogens with zero attached hydrogens (tertiary/aromatic N) is 1. The molecule has 1 unspecified atom stereocenters. The number of carbonyl (C=O) groups excluding carboxylic acids is 2. The highest BCUT2D eigenvalue weighted by atomic mass is 35.5. The van der Waals surface area contributed by atoms with Crippen LogP contribution < -0.4 is 5.32 Å². The van der Waals surface area contributed by atoms with Crippen LogP contribution in [0.4, 0.5) is 0 Å². The van der Waals surface area contributed by atoms with Crippen LogP contribution in [-0.4, -0.2) is 48.3 Å². The molecule has 5 nitrogen and oxygen atoms in total. The molecule has 2 heterocycles. The summed E-state index contributed by atoms with van der Waals surface area (Å²) in [6, 6.07) is 0. The van der Waals surface area contributed by atoms with Crippen LogP contribution in [0.5, 0.6) is 0 Å². The number of H-pyrrole nitrogens is 1. The molecular weight excluding hydrogens is 314 g/mol. The van der Waals surface area contributed by atoms with Crippen molar-refractivity contribution in [3.05, 3.63) is 22.5 Å². The number of ketones is 1. The Morgan fingerprint density at radius 2 is 2.09 bits per heavy atom. The first-order chi connectivity index (χ1) is 10.5. The number of piperidine rings is 1. The fraction of sp³-hybridized carbons (Fsp3) is 0.647. The SMILES string of the molecule is CCc1c(C(=O)N2CCCC(CNC)C2)[nH]c(C)c1C(C)=O.Cl. The van der Waals surface area contributed by atoms with Gasteiger partial charge in [-0.05, 0) is 58.2 Å². The molecule has 1 saturated heterocycles. The van der Waals surface area contributed by atoms with E-state index < -0.39 is 0 Å². The normalized spacial score (nSPS) is 17.7. The van der Waals surface area contributed by atoms with Crippen molar-refractivity contribution < 1.29 is 9.59 Å². The molecule has 1 atom stereocenters. The minimum absolute atomic E-state index is 0. The quantitative estimate of drug-likeness (QED) is 0.809. The van der Waals surface area contributed by atoms with Crippen LogP contribution in [0, 0.1) is 12.8 Å². The number of rotatable bonds is 5. The highest BCUT2D eigenvalue weighted by Gasteiger charge is 2.28. The van der Waals surface area contributed by atoms with Crippen LogP contribution in [0.3, 0.4) is 0 Å². The van der Waals surface area contributed by atoms with Crippen molar-refractivity contribution in [3.8, 4) is 0 Å². The molecule has 0 spiro atoms. The Hall–Kier alpha value is -1.33. The summed E-state index contributed by atoms with van der Waals surface area (Å²) >= 11 is 0. The maximum absolute atomic E-state index is 12.9. The third kappa shape index (κ3) is 4.15. The lowest BCUT2D eigenvalue weighted by Gasteiger charge is -2.32. The molecule has 1 aliphatic heterocycles. The topological polar surface area (TPSA) is 65.2 Å². The molecule has 130 valence electrons. The highest BCUT2D eigenvalue weighted by Crippen LogP contribution is 2.24. The molecule has 0 radical (unpaired) electrons. The lowest BCUT2D eigenvalue weighted by atomic mass is 9.97. The minimum Gasteiger partial charge on any atom is -0.354 e. The maximum atomic E-state index is 12.9. The summed E-state index contributed by atoms with van der Waals surface area (Å²) in [5.74, 6) is 0.570. The number of halogens is 1. The van der Waals surface area contributed by atoms with Gasteiger partial charge in [0.25, 0.3) is 5.91 Å². The van der Waals surface area contributed by atoms with E-state index in [4.69, 9.17) is 0 Å². The van der Waals surface area contributed by atoms with Crippen LogP contribution in [0.2, 0.25) is 0 Å². The van der Waals surface area contributed by atoms with Gasteiger partial charge < -0.3 is 15.2 Å². The van der Waals surface area contributed by atoms with Crippen LogP contribution in [-0.2, 0) is 6.42 Å². The first-order valence-corrected chi connectivity index (χ1v) is 8.15. The molecule has 1 aromatic heterocycles. The number of likely N-dealkylation sites (tertiary alicyclic amines) is 1. The summed E-state index contributed by atoms with van der Waals surface area (Å²) in [7, 11) is 1.95. The van der Waals surface area contributed by atoms with E-state index in [0.717, 1.165) is 43.7 Å². The molecule has 23 heavy (non-hydrogen) atoms. The average Bonchev–Trinajstić information content (AvgIpc) is 2.83. The van der Waals surface area contributed by atoms with Gasteiger partial charge in [-0.25, -0.2) is 0 Å². The minimum atomic E-state index is 0. The predicted octanol–water partition coefficient (Wildman–Crippen LogP) is 2.58. The van der Waals surface area contributed by atoms with E-state index in [1.807, 2.05) is 25.8 Å². The smallest absolute Gasteiger partial charge is 0.270 e. The number of hydrogen-bond donors (Lipinski definition) is 2. The second-order valence-corrected chi connectivity index (χ2v) is 6.21. The molecule has 0 saturated carbocycles. The highest BCUT2D eigenvalue weighted by molar-refractivity contribution is 6.02. The maximum Gasteiger partial charge on any atom is 0.270 e. The Morgan fingerprint density at radius 1 is 1.39 bits per heavy atom. The van der Waals surface area contributed by atoms with Gasteiger partial charge in [0.1, 0.15) is 5.69 Å². The monoisotopic (exact) mass is 341 g/mol. The number of Topliss-reactive ketones (excluding diaryl/α,β-unsaturated/α-hetero) is 1. The largest absolute Gasteiger partial charge is 0.354 e. The van der Waals surface area contributed by atoms with E-state index in [2.05, 4.69) is 10.3 Å². The average molecular weight is 342 g/mol. The summed E-state index contributed by atoms with van der Waals surface area (Å²) in [6.07, 6.45) is 2.89.